The summed E-state index contributed by atoms with van der Waals surface area (Å²) in [7, 11) is 0. The van der Waals surface area contributed by atoms with Crippen LogP contribution in [0.25, 0.3) is 0 Å². The molecule has 0 aliphatic carbocycles. The van der Waals surface area contributed by atoms with Gasteiger partial charge < -0.3 is 15.7 Å². The molecule has 5 N–H and O–H groups in total. The predicted octanol–water partition coefficient (Wildman–Crippen LogP) is -0.178. The number of carbonyl (C=O) groups is 1. The van der Waals surface area contributed by atoms with Crippen molar-refractivity contribution in [3.8, 4) is 0 Å². The average molecular weight is 322 g/mol. The van der Waals surface area contributed by atoms with Crippen LogP contribution in [0, 0.1) is 11.7 Å². The molecule has 0 spiro atoms. The first-order chi connectivity index (χ1) is 11.1. The molecular formula is C16H23FN4O2. The van der Waals surface area contributed by atoms with Gasteiger partial charge in [-0.1, -0.05) is 12.1 Å². The van der Waals surface area contributed by atoms with Crippen molar-refractivity contribution in [2.24, 2.45) is 5.92 Å². The van der Waals surface area contributed by atoms with Gasteiger partial charge >= 0.3 is 0 Å². The van der Waals surface area contributed by atoms with Gasteiger partial charge in [-0.25, -0.2) is 9.82 Å². The number of hydrogen-bond acceptors (Lipinski definition) is 5. The van der Waals surface area contributed by atoms with Crippen LogP contribution in [0.1, 0.15) is 24.4 Å². The first-order valence-corrected chi connectivity index (χ1v) is 8.02. The van der Waals surface area contributed by atoms with Gasteiger partial charge in [-0.05, 0) is 37.1 Å². The third kappa shape index (κ3) is 3.87. The maximum atomic E-state index is 13.4. The van der Waals surface area contributed by atoms with Crippen LogP contribution in [0.3, 0.4) is 0 Å². The highest BCUT2D eigenvalue weighted by Gasteiger charge is 2.36. The Labute approximate surface area is 134 Å². The number of aliphatic hydroxyl groups is 1. The Morgan fingerprint density at radius 3 is 3.09 bits per heavy atom. The second kappa shape index (κ2) is 6.92. The van der Waals surface area contributed by atoms with Crippen LogP contribution in [-0.4, -0.2) is 42.8 Å². The summed E-state index contributed by atoms with van der Waals surface area (Å²) in [6.45, 7) is 2.07. The van der Waals surface area contributed by atoms with Gasteiger partial charge in [0.1, 0.15) is 5.82 Å². The van der Waals surface area contributed by atoms with Crippen molar-refractivity contribution >= 4 is 5.91 Å². The fraction of sp³-hybridized carbons (Fsp3) is 0.562. The van der Waals surface area contributed by atoms with E-state index in [0.717, 1.165) is 18.5 Å². The molecule has 7 heteroatoms. The highest BCUT2D eigenvalue weighted by molar-refractivity contribution is 5.80. The Bertz CT molecular complexity index is 563. The normalized spacial score (nSPS) is 31.0. The number of hydrogen-bond donors (Lipinski definition) is 5. The van der Waals surface area contributed by atoms with Crippen LogP contribution in [0.5, 0.6) is 0 Å². The van der Waals surface area contributed by atoms with Crippen LogP contribution in [-0.2, 0) is 4.79 Å². The zero-order valence-electron chi connectivity index (χ0n) is 12.9. The lowest BCUT2D eigenvalue weighted by atomic mass is 9.92. The Morgan fingerprint density at radius 2 is 2.35 bits per heavy atom. The van der Waals surface area contributed by atoms with E-state index in [2.05, 4.69) is 21.5 Å². The minimum atomic E-state index is -0.887. The molecule has 2 aliphatic heterocycles. The lowest BCUT2D eigenvalue weighted by Gasteiger charge is -2.33. The average Bonchev–Trinajstić information content (AvgIpc) is 3.03. The van der Waals surface area contributed by atoms with E-state index in [4.69, 9.17) is 0 Å². The molecule has 3 atom stereocenters. The van der Waals surface area contributed by atoms with Gasteiger partial charge in [0.15, 0.2) is 0 Å². The number of halogens is 1. The molecule has 0 aromatic heterocycles. The summed E-state index contributed by atoms with van der Waals surface area (Å²) in [6.07, 6.45) is 1.57. The number of hydrazine groups is 1. The van der Waals surface area contributed by atoms with Crippen LogP contribution >= 0.6 is 0 Å². The fourth-order valence-corrected chi connectivity index (χ4v) is 3.24. The molecule has 126 valence electrons. The highest BCUT2D eigenvalue weighted by Crippen LogP contribution is 2.25. The summed E-state index contributed by atoms with van der Waals surface area (Å²) in [5.74, 6) is -0.814. The molecule has 1 aromatic rings. The van der Waals surface area contributed by atoms with Gasteiger partial charge in [0, 0.05) is 19.6 Å². The monoisotopic (exact) mass is 322 g/mol. The van der Waals surface area contributed by atoms with E-state index in [-0.39, 0.29) is 30.2 Å². The number of β-amino-alcohol motifs (C(OH)–C–C–N with tert-alkyl or cyclic N) is 1. The minimum Gasteiger partial charge on any atom is -0.387 e. The van der Waals surface area contributed by atoms with Crippen LogP contribution in [0.4, 0.5) is 4.39 Å². The molecule has 2 heterocycles. The lowest BCUT2D eigenvalue weighted by Crippen LogP contribution is -2.53. The molecule has 1 amide bonds. The Balaban J connectivity index is 1.62. The van der Waals surface area contributed by atoms with Crippen molar-refractivity contribution in [1.29, 1.82) is 0 Å². The zero-order chi connectivity index (χ0) is 16.3. The van der Waals surface area contributed by atoms with Gasteiger partial charge in [-0.15, -0.1) is 0 Å². The van der Waals surface area contributed by atoms with Crippen molar-refractivity contribution < 1.29 is 14.3 Å². The Kier molecular flexibility index (Phi) is 4.91. The van der Waals surface area contributed by atoms with Crippen molar-refractivity contribution in [3.63, 3.8) is 0 Å². The number of amides is 1. The number of nitrogens with one attached hydrogen (secondary N) is 4. The Morgan fingerprint density at radius 1 is 1.48 bits per heavy atom. The molecule has 2 fully saturated rings. The number of benzene rings is 1. The maximum absolute atomic E-state index is 13.4. The van der Waals surface area contributed by atoms with Crippen molar-refractivity contribution in [3.05, 3.63) is 35.6 Å². The molecule has 23 heavy (non-hydrogen) atoms. The van der Waals surface area contributed by atoms with Crippen LogP contribution in [0.15, 0.2) is 24.3 Å². The molecule has 0 bridgehead atoms. The lowest BCUT2D eigenvalue weighted by molar-refractivity contribution is -0.126. The summed E-state index contributed by atoms with van der Waals surface area (Å²) in [4.78, 5) is 12.5. The minimum absolute atomic E-state index is 0.143. The third-order valence-electron chi connectivity index (χ3n) is 4.57. The summed E-state index contributed by atoms with van der Waals surface area (Å²) >= 11 is 0. The van der Waals surface area contributed by atoms with Gasteiger partial charge in [-0.3, -0.25) is 10.2 Å². The molecule has 2 saturated heterocycles. The first-order valence-electron chi connectivity index (χ1n) is 8.02. The summed E-state index contributed by atoms with van der Waals surface area (Å²) < 4.78 is 13.4. The van der Waals surface area contributed by atoms with E-state index in [9.17, 15) is 14.3 Å². The van der Waals surface area contributed by atoms with Crippen LogP contribution in [0.2, 0.25) is 0 Å². The summed E-state index contributed by atoms with van der Waals surface area (Å²) in [6, 6.07) is 5.96. The molecular weight excluding hydrogens is 299 g/mol. The molecule has 3 rings (SSSR count). The molecule has 2 aliphatic rings. The number of piperidine rings is 1. The van der Waals surface area contributed by atoms with E-state index in [0.29, 0.717) is 19.5 Å². The van der Waals surface area contributed by atoms with Gasteiger partial charge in [0.05, 0.1) is 17.6 Å². The molecule has 1 aromatic carbocycles. The summed E-state index contributed by atoms with van der Waals surface area (Å²) in [5, 5.41) is 16.4. The van der Waals surface area contributed by atoms with Crippen molar-refractivity contribution in [2.75, 3.05) is 26.2 Å². The molecule has 6 nitrogen and oxygen atoms in total. The van der Waals surface area contributed by atoms with E-state index in [1.165, 1.54) is 12.1 Å². The quantitative estimate of drug-likeness (QED) is 0.531. The van der Waals surface area contributed by atoms with Crippen molar-refractivity contribution in [2.45, 2.75) is 24.5 Å². The van der Waals surface area contributed by atoms with E-state index in [1.54, 1.807) is 12.1 Å². The second-order valence-electron chi connectivity index (χ2n) is 6.39. The maximum Gasteiger partial charge on any atom is 0.226 e. The predicted molar refractivity (Wildman–Crippen MR) is 83.8 cm³/mol. The van der Waals surface area contributed by atoms with E-state index >= 15 is 0 Å². The summed E-state index contributed by atoms with van der Waals surface area (Å²) in [5.41, 5.74) is 5.83. The van der Waals surface area contributed by atoms with Crippen LogP contribution < -0.4 is 21.5 Å². The van der Waals surface area contributed by atoms with Gasteiger partial charge in [0.2, 0.25) is 5.91 Å². The number of rotatable bonds is 4. The zero-order valence-corrected chi connectivity index (χ0v) is 12.9. The van der Waals surface area contributed by atoms with Gasteiger partial charge in [0.25, 0.3) is 0 Å². The highest BCUT2D eigenvalue weighted by atomic mass is 19.1. The SMILES string of the molecule is O=C(NCC1(O)CCCNC1)C1CNNC1c1cccc(F)c1. The van der Waals surface area contributed by atoms with E-state index in [1.807, 2.05) is 0 Å². The topological polar surface area (TPSA) is 85.4 Å². The van der Waals surface area contributed by atoms with Crippen molar-refractivity contribution in [1.82, 2.24) is 21.5 Å². The first kappa shape index (κ1) is 16.3. The standard InChI is InChI=1S/C16H23FN4O2/c17-12-4-1-3-11(7-12)14-13(8-20-21-14)15(22)19-10-16(23)5-2-6-18-9-16/h1,3-4,7,13-14,18,20-21,23H,2,5-6,8-10H2,(H,19,22). The van der Waals surface area contributed by atoms with E-state index < -0.39 is 5.60 Å². The molecule has 0 saturated carbocycles. The number of carbonyl (C=O) groups excluding carboxylic acids is 1. The molecule has 0 radical (unpaired) electrons. The Hall–Kier alpha value is -1.54. The second-order valence-corrected chi connectivity index (χ2v) is 6.39. The fourth-order valence-electron chi connectivity index (χ4n) is 3.24. The smallest absolute Gasteiger partial charge is 0.226 e. The van der Waals surface area contributed by atoms with Gasteiger partial charge in [-0.2, -0.15) is 0 Å². The largest absolute Gasteiger partial charge is 0.387 e. The molecule has 3 unspecified atom stereocenters. The third-order valence-corrected chi connectivity index (χ3v) is 4.57.